The summed E-state index contributed by atoms with van der Waals surface area (Å²) >= 11 is 1.27. The predicted molar refractivity (Wildman–Crippen MR) is 136 cm³/mol. The van der Waals surface area contributed by atoms with E-state index in [0.717, 1.165) is 10.3 Å². The number of ether oxygens (including phenoxy) is 1. The number of aryl methyl sites for hydroxylation is 1. The van der Waals surface area contributed by atoms with Gasteiger partial charge in [0, 0.05) is 17.2 Å². The van der Waals surface area contributed by atoms with Crippen LogP contribution in [0.5, 0.6) is 0 Å². The molecule has 3 aromatic carbocycles. The number of nitrogens with zero attached hydrogens (tertiary/aromatic N) is 1. The SMILES string of the molecule is CCOC(=O)c1ccc2nc(NC(=O)c3ccc(-c4cc(=O)c5cc(C)ccc5o4)cc3)sc2c1. The van der Waals surface area contributed by atoms with Crippen molar-refractivity contribution in [2.75, 3.05) is 11.9 Å². The molecule has 0 radical (unpaired) electrons. The molecule has 0 spiro atoms. The van der Waals surface area contributed by atoms with Gasteiger partial charge in [0.1, 0.15) is 11.3 Å². The highest BCUT2D eigenvalue weighted by Crippen LogP contribution is 2.28. The fourth-order valence-electron chi connectivity index (χ4n) is 3.69. The van der Waals surface area contributed by atoms with Crippen molar-refractivity contribution in [3.63, 3.8) is 0 Å². The maximum absolute atomic E-state index is 12.8. The Kier molecular flexibility index (Phi) is 5.88. The normalized spacial score (nSPS) is 11.0. The van der Waals surface area contributed by atoms with E-state index in [2.05, 4.69) is 10.3 Å². The summed E-state index contributed by atoms with van der Waals surface area (Å²) in [5.74, 6) is -0.288. The number of thiazole rings is 1. The standard InChI is InChI=1S/C27H20N2O5S/c1-3-33-26(32)18-9-10-20-24(13-18)35-27(28-20)29-25(31)17-7-5-16(6-8-17)23-14-21(30)19-12-15(2)4-11-22(19)34-23/h4-14H,3H2,1-2H3,(H,28,29,31). The maximum atomic E-state index is 12.8. The van der Waals surface area contributed by atoms with Crippen LogP contribution >= 0.6 is 11.3 Å². The van der Waals surface area contributed by atoms with E-state index >= 15 is 0 Å². The Bertz CT molecular complexity index is 1650. The van der Waals surface area contributed by atoms with Gasteiger partial charge < -0.3 is 9.15 Å². The molecule has 5 aromatic rings. The van der Waals surface area contributed by atoms with E-state index in [1.807, 2.05) is 13.0 Å². The number of hydrogen-bond donors (Lipinski definition) is 1. The average molecular weight is 485 g/mol. The molecule has 2 heterocycles. The van der Waals surface area contributed by atoms with Crippen LogP contribution in [0, 0.1) is 6.92 Å². The highest BCUT2D eigenvalue weighted by molar-refractivity contribution is 7.22. The summed E-state index contributed by atoms with van der Waals surface area (Å²) in [6.45, 7) is 3.97. The quantitative estimate of drug-likeness (QED) is 0.316. The van der Waals surface area contributed by atoms with Crippen LogP contribution in [-0.4, -0.2) is 23.5 Å². The molecule has 7 nitrogen and oxygen atoms in total. The number of rotatable bonds is 5. The molecule has 5 rings (SSSR count). The first-order valence-electron chi connectivity index (χ1n) is 11.0. The van der Waals surface area contributed by atoms with Crippen LogP contribution in [0.3, 0.4) is 0 Å². The molecule has 0 fully saturated rings. The molecule has 0 unspecified atom stereocenters. The van der Waals surface area contributed by atoms with Crippen molar-refractivity contribution in [2.45, 2.75) is 13.8 Å². The van der Waals surface area contributed by atoms with Crippen LogP contribution in [0.25, 0.3) is 32.5 Å². The Labute approximate surface area is 204 Å². The van der Waals surface area contributed by atoms with Crippen LogP contribution in [0.2, 0.25) is 0 Å². The van der Waals surface area contributed by atoms with E-state index in [0.29, 0.717) is 50.7 Å². The molecule has 1 amide bonds. The van der Waals surface area contributed by atoms with Crippen molar-refractivity contribution in [2.24, 2.45) is 0 Å². The third-order valence-electron chi connectivity index (χ3n) is 5.43. The first-order chi connectivity index (χ1) is 16.9. The van der Waals surface area contributed by atoms with Gasteiger partial charge in [-0.1, -0.05) is 35.1 Å². The van der Waals surface area contributed by atoms with Crippen molar-refractivity contribution in [3.8, 4) is 11.3 Å². The lowest BCUT2D eigenvalue weighted by molar-refractivity contribution is 0.0526. The van der Waals surface area contributed by atoms with Crippen LogP contribution in [0.4, 0.5) is 5.13 Å². The van der Waals surface area contributed by atoms with E-state index in [9.17, 15) is 14.4 Å². The summed E-state index contributed by atoms with van der Waals surface area (Å²) in [5, 5.41) is 3.76. The van der Waals surface area contributed by atoms with Crippen molar-refractivity contribution in [1.29, 1.82) is 0 Å². The number of hydrogen-bond acceptors (Lipinski definition) is 7. The van der Waals surface area contributed by atoms with Crippen LogP contribution < -0.4 is 10.7 Å². The summed E-state index contributed by atoms with van der Waals surface area (Å²) in [6, 6.07) is 18.8. The number of benzene rings is 3. The minimum absolute atomic E-state index is 0.117. The van der Waals surface area contributed by atoms with Crippen LogP contribution in [-0.2, 0) is 4.74 Å². The Balaban J connectivity index is 1.35. The van der Waals surface area contributed by atoms with Crippen LogP contribution in [0.1, 0.15) is 33.2 Å². The summed E-state index contributed by atoms with van der Waals surface area (Å²) < 4.78 is 11.7. The third-order valence-corrected chi connectivity index (χ3v) is 6.37. The van der Waals surface area contributed by atoms with Gasteiger partial charge in [0.15, 0.2) is 10.6 Å². The first-order valence-corrected chi connectivity index (χ1v) is 11.8. The van der Waals surface area contributed by atoms with Gasteiger partial charge in [-0.2, -0.15) is 0 Å². The molecule has 174 valence electrons. The highest BCUT2D eigenvalue weighted by atomic mass is 32.1. The number of amides is 1. The highest BCUT2D eigenvalue weighted by Gasteiger charge is 2.14. The molecule has 0 aliphatic heterocycles. The van der Waals surface area contributed by atoms with Crippen LogP contribution in [0.15, 0.2) is 75.9 Å². The van der Waals surface area contributed by atoms with Gasteiger partial charge in [0.05, 0.1) is 27.8 Å². The summed E-state index contributed by atoms with van der Waals surface area (Å²) in [4.78, 5) is 41.7. The van der Waals surface area contributed by atoms with E-state index < -0.39 is 5.97 Å². The molecule has 0 bridgehead atoms. The largest absolute Gasteiger partial charge is 0.462 e. The molecule has 0 aliphatic carbocycles. The van der Waals surface area contributed by atoms with Gasteiger partial charge in [0.2, 0.25) is 0 Å². The third kappa shape index (κ3) is 4.56. The van der Waals surface area contributed by atoms with Crippen molar-refractivity contribution in [3.05, 3.63) is 93.6 Å². The van der Waals surface area contributed by atoms with Gasteiger partial charge in [-0.3, -0.25) is 14.9 Å². The number of fused-ring (bicyclic) bond motifs is 2. The molecular weight excluding hydrogens is 464 g/mol. The van der Waals surface area contributed by atoms with Gasteiger partial charge in [-0.15, -0.1) is 0 Å². The molecule has 0 atom stereocenters. The minimum atomic E-state index is -0.397. The number of anilines is 1. The molecule has 0 saturated heterocycles. The average Bonchev–Trinajstić information content (AvgIpc) is 3.26. The van der Waals surface area contributed by atoms with Crippen molar-refractivity contribution < 1.29 is 18.7 Å². The Morgan fingerprint density at radius 2 is 1.77 bits per heavy atom. The zero-order valence-electron chi connectivity index (χ0n) is 19.0. The van der Waals surface area contributed by atoms with Crippen molar-refractivity contribution in [1.82, 2.24) is 4.98 Å². The molecule has 1 N–H and O–H groups in total. The van der Waals surface area contributed by atoms with Gasteiger partial charge >= 0.3 is 5.97 Å². The molecular formula is C27H20N2O5S. The fraction of sp³-hybridized carbons (Fsp3) is 0.111. The van der Waals surface area contributed by atoms with E-state index in [1.165, 1.54) is 17.4 Å². The lowest BCUT2D eigenvalue weighted by Gasteiger charge is -2.06. The van der Waals surface area contributed by atoms with Crippen molar-refractivity contribution >= 4 is 49.5 Å². The van der Waals surface area contributed by atoms with E-state index in [1.54, 1.807) is 61.5 Å². The first kappa shape index (κ1) is 22.5. The molecule has 8 heteroatoms. The van der Waals surface area contributed by atoms with Gasteiger partial charge in [0.25, 0.3) is 5.91 Å². The van der Waals surface area contributed by atoms with E-state index in [-0.39, 0.29) is 11.3 Å². The molecule has 2 aromatic heterocycles. The predicted octanol–water partition coefficient (Wildman–Crippen LogP) is 5.81. The monoisotopic (exact) mass is 484 g/mol. The number of carbonyl (C=O) groups excluding carboxylic acids is 2. The molecule has 0 saturated carbocycles. The summed E-state index contributed by atoms with van der Waals surface area (Å²) in [5.41, 5.74) is 3.62. The fourth-order valence-corrected chi connectivity index (χ4v) is 4.59. The Morgan fingerprint density at radius 3 is 2.54 bits per heavy atom. The Hall–Kier alpha value is -4.30. The Morgan fingerprint density at radius 1 is 1.00 bits per heavy atom. The zero-order chi connectivity index (χ0) is 24.5. The number of aromatic nitrogens is 1. The van der Waals surface area contributed by atoms with Gasteiger partial charge in [-0.05, 0) is 56.3 Å². The molecule has 35 heavy (non-hydrogen) atoms. The summed E-state index contributed by atoms with van der Waals surface area (Å²) in [7, 11) is 0. The lowest BCUT2D eigenvalue weighted by Crippen LogP contribution is -2.11. The number of nitrogens with one attached hydrogen (secondary N) is 1. The second-order valence-electron chi connectivity index (χ2n) is 7.93. The minimum Gasteiger partial charge on any atom is -0.462 e. The number of carbonyl (C=O) groups is 2. The lowest BCUT2D eigenvalue weighted by atomic mass is 10.1. The maximum Gasteiger partial charge on any atom is 0.338 e. The van der Waals surface area contributed by atoms with E-state index in [4.69, 9.17) is 9.15 Å². The topological polar surface area (TPSA) is 98.5 Å². The zero-order valence-corrected chi connectivity index (χ0v) is 19.8. The second-order valence-corrected chi connectivity index (χ2v) is 8.96. The smallest absolute Gasteiger partial charge is 0.338 e. The van der Waals surface area contributed by atoms with Gasteiger partial charge in [-0.25, -0.2) is 9.78 Å². The second kappa shape index (κ2) is 9.15. The molecule has 0 aliphatic rings. The summed E-state index contributed by atoms with van der Waals surface area (Å²) in [6.07, 6.45) is 0. The number of esters is 1.